The second kappa shape index (κ2) is 3.39. The van der Waals surface area contributed by atoms with E-state index in [2.05, 4.69) is 15.9 Å². The van der Waals surface area contributed by atoms with E-state index in [1.807, 2.05) is 0 Å². The number of benzene rings is 1. The Hall–Kier alpha value is -0.640. The summed E-state index contributed by atoms with van der Waals surface area (Å²) in [4.78, 5) is 0. The Labute approximate surface area is 77.2 Å². The lowest BCUT2D eigenvalue weighted by Crippen LogP contribution is -1.88. The third-order valence-electron chi connectivity index (χ3n) is 1.53. The molecule has 0 atom stereocenters. The number of hydrogen-bond donors (Lipinski definition) is 1. The summed E-state index contributed by atoms with van der Waals surface area (Å²) < 4.78 is 25.0. The zero-order valence-electron chi connectivity index (χ0n) is 6.31. The first kappa shape index (κ1) is 9.45. The van der Waals surface area contributed by atoms with Gasteiger partial charge in [0.05, 0.1) is 5.56 Å². The highest BCUT2D eigenvalue weighted by Gasteiger charge is 2.14. The highest BCUT2D eigenvalue weighted by Crippen LogP contribution is 2.33. The standard InChI is InChI=1S/C8H7BrF2O/c1-4-2-5(9)3-6(7(4)12)8(10)11/h2-3,8,12H,1H3. The lowest BCUT2D eigenvalue weighted by Gasteiger charge is -2.06. The number of rotatable bonds is 1. The van der Waals surface area contributed by atoms with Crippen LogP contribution in [0, 0.1) is 6.92 Å². The Bertz CT molecular complexity index is 299. The Morgan fingerprint density at radius 1 is 1.42 bits per heavy atom. The van der Waals surface area contributed by atoms with E-state index in [0.29, 0.717) is 10.0 Å². The van der Waals surface area contributed by atoms with Gasteiger partial charge in [-0.2, -0.15) is 0 Å². The van der Waals surface area contributed by atoms with Crippen molar-refractivity contribution in [1.29, 1.82) is 0 Å². The van der Waals surface area contributed by atoms with Crippen LogP contribution >= 0.6 is 15.9 Å². The number of alkyl halides is 2. The molecule has 0 bridgehead atoms. The van der Waals surface area contributed by atoms with Crippen molar-refractivity contribution in [3.8, 4) is 5.75 Å². The summed E-state index contributed by atoms with van der Waals surface area (Å²) in [6.45, 7) is 1.58. The Kier molecular flexibility index (Phi) is 2.67. The molecule has 0 amide bonds. The largest absolute Gasteiger partial charge is 0.507 e. The van der Waals surface area contributed by atoms with Gasteiger partial charge in [-0.15, -0.1) is 0 Å². The fraction of sp³-hybridized carbons (Fsp3) is 0.250. The molecule has 0 aliphatic heterocycles. The van der Waals surface area contributed by atoms with E-state index in [1.54, 1.807) is 13.0 Å². The van der Waals surface area contributed by atoms with Gasteiger partial charge in [0.1, 0.15) is 5.75 Å². The first-order valence-corrected chi connectivity index (χ1v) is 4.09. The van der Waals surface area contributed by atoms with Crippen LogP contribution in [0.15, 0.2) is 16.6 Å². The number of phenolic OH excluding ortho intramolecular Hbond substituents is 1. The molecule has 66 valence electrons. The maximum Gasteiger partial charge on any atom is 0.267 e. The summed E-state index contributed by atoms with van der Waals surface area (Å²) in [5.74, 6) is -0.326. The van der Waals surface area contributed by atoms with E-state index >= 15 is 0 Å². The van der Waals surface area contributed by atoms with Crippen molar-refractivity contribution >= 4 is 15.9 Å². The number of phenols is 1. The molecule has 0 aliphatic carbocycles. The fourth-order valence-corrected chi connectivity index (χ4v) is 1.52. The van der Waals surface area contributed by atoms with Gasteiger partial charge < -0.3 is 5.11 Å². The SMILES string of the molecule is Cc1cc(Br)cc(C(F)F)c1O. The van der Waals surface area contributed by atoms with E-state index in [-0.39, 0.29) is 11.3 Å². The van der Waals surface area contributed by atoms with E-state index < -0.39 is 6.43 Å². The molecule has 0 saturated heterocycles. The third kappa shape index (κ3) is 1.75. The number of hydrogen-bond acceptors (Lipinski definition) is 1. The average molecular weight is 237 g/mol. The molecule has 0 unspecified atom stereocenters. The number of aryl methyl sites for hydroxylation is 1. The second-order valence-corrected chi connectivity index (χ2v) is 3.38. The average Bonchev–Trinajstić information content (AvgIpc) is 1.96. The smallest absolute Gasteiger partial charge is 0.267 e. The summed E-state index contributed by atoms with van der Waals surface area (Å²) in [5, 5.41) is 9.19. The maximum absolute atomic E-state index is 12.2. The molecule has 0 fully saturated rings. The fourth-order valence-electron chi connectivity index (χ4n) is 0.928. The predicted octanol–water partition coefficient (Wildman–Crippen LogP) is 3.40. The molecule has 1 N–H and O–H groups in total. The maximum atomic E-state index is 12.2. The highest BCUT2D eigenvalue weighted by molar-refractivity contribution is 9.10. The van der Waals surface area contributed by atoms with Crippen LogP contribution < -0.4 is 0 Å². The zero-order chi connectivity index (χ0) is 9.30. The van der Waals surface area contributed by atoms with Crippen molar-refractivity contribution in [2.45, 2.75) is 13.3 Å². The Morgan fingerprint density at radius 2 is 2.00 bits per heavy atom. The van der Waals surface area contributed by atoms with Crippen LogP contribution in [0.4, 0.5) is 8.78 Å². The Morgan fingerprint density at radius 3 is 2.50 bits per heavy atom. The Balaban J connectivity index is 3.28. The second-order valence-electron chi connectivity index (χ2n) is 2.46. The van der Waals surface area contributed by atoms with Gasteiger partial charge in [0.25, 0.3) is 6.43 Å². The van der Waals surface area contributed by atoms with Gasteiger partial charge in [-0.05, 0) is 24.6 Å². The minimum absolute atomic E-state index is 0.326. The normalized spacial score (nSPS) is 10.8. The molecule has 0 radical (unpaired) electrons. The summed E-state index contributed by atoms with van der Waals surface area (Å²) in [6.07, 6.45) is -2.64. The summed E-state index contributed by atoms with van der Waals surface area (Å²) in [7, 11) is 0. The first-order valence-electron chi connectivity index (χ1n) is 3.29. The molecule has 1 aromatic rings. The summed E-state index contributed by atoms with van der Waals surface area (Å²) in [6, 6.07) is 2.80. The topological polar surface area (TPSA) is 20.2 Å². The van der Waals surface area contributed by atoms with Crippen LogP contribution in [-0.4, -0.2) is 5.11 Å². The van der Waals surface area contributed by atoms with Gasteiger partial charge >= 0.3 is 0 Å². The van der Waals surface area contributed by atoms with Crippen molar-refractivity contribution in [2.24, 2.45) is 0 Å². The van der Waals surface area contributed by atoms with Gasteiger partial charge in [-0.3, -0.25) is 0 Å². The molecule has 1 rings (SSSR count). The van der Waals surface area contributed by atoms with Gasteiger partial charge in [-0.1, -0.05) is 15.9 Å². The van der Waals surface area contributed by atoms with Crippen molar-refractivity contribution in [2.75, 3.05) is 0 Å². The monoisotopic (exact) mass is 236 g/mol. The molecular weight excluding hydrogens is 230 g/mol. The van der Waals surface area contributed by atoms with E-state index in [1.165, 1.54) is 6.07 Å². The third-order valence-corrected chi connectivity index (χ3v) is 1.99. The van der Waals surface area contributed by atoms with E-state index in [0.717, 1.165) is 0 Å². The molecule has 1 aromatic carbocycles. The lowest BCUT2D eigenvalue weighted by atomic mass is 10.1. The van der Waals surface area contributed by atoms with Gasteiger partial charge in [0.15, 0.2) is 0 Å². The van der Waals surface area contributed by atoms with Crippen molar-refractivity contribution in [3.63, 3.8) is 0 Å². The molecule has 12 heavy (non-hydrogen) atoms. The van der Waals surface area contributed by atoms with Crippen LogP contribution in [0.1, 0.15) is 17.6 Å². The van der Waals surface area contributed by atoms with Gasteiger partial charge in [0.2, 0.25) is 0 Å². The summed E-state index contributed by atoms with van der Waals surface area (Å²) in [5.41, 5.74) is 0.113. The lowest BCUT2D eigenvalue weighted by molar-refractivity contribution is 0.147. The van der Waals surface area contributed by atoms with Crippen LogP contribution in [0.25, 0.3) is 0 Å². The molecule has 0 spiro atoms. The van der Waals surface area contributed by atoms with Gasteiger partial charge in [0, 0.05) is 4.47 Å². The summed E-state index contributed by atoms with van der Waals surface area (Å²) >= 11 is 3.07. The minimum Gasteiger partial charge on any atom is -0.507 e. The molecule has 4 heteroatoms. The number of aromatic hydroxyl groups is 1. The van der Waals surface area contributed by atoms with E-state index in [4.69, 9.17) is 0 Å². The number of halogens is 3. The highest BCUT2D eigenvalue weighted by atomic mass is 79.9. The molecule has 0 saturated carbocycles. The van der Waals surface area contributed by atoms with Crippen LogP contribution in [-0.2, 0) is 0 Å². The van der Waals surface area contributed by atoms with Crippen molar-refractivity contribution in [3.05, 3.63) is 27.7 Å². The van der Waals surface area contributed by atoms with Crippen molar-refractivity contribution < 1.29 is 13.9 Å². The molecule has 0 aliphatic rings. The predicted molar refractivity (Wildman–Crippen MR) is 45.5 cm³/mol. The minimum atomic E-state index is -2.64. The molecule has 0 heterocycles. The molecular formula is C8H7BrF2O. The van der Waals surface area contributed by atoms with Gasteiger partial charge in [-0.25, -0.2) is 8.78 Å². The van der Waals surface area contributed by atoms with E-state index in [9.17, 15) is 13.9 Å². The zero-order valence-corrected chi connectivity index (χ0v) is 7.90. The molecule has 1 nitrogen and oxygen atoms in total. The van der Waals surface area contributed by atoms with Crippen LogP contribution in [0.3, 0.4) is 0 Å². The van der Waals surface area contributed by atoms with Crippen molar-refractivity contribution in [1.82, 2.24) is 0 Å². The van der Waals surface area contributed by atoms with Crippen LogP contribution in [0.5, 0.6) is 5.75 Å². The van der Waals surface area contributed by atoms with Crippen LogP contribution in [0.2, 0.25) is 0 Å². The molecule has 0 aromatic heterocycles. The quantitative estimate of drug-likeness (QED) is 0.793. The first-order chi connectivity index (χ1) is 5.52.